The molecule has 0 bridgehead atoms. The Kier molecular flexibility index (Phi) is 4.88. The molecule has 1 unspecified atom stereocenters. The third-order valence-corrected chi connectivity index (χ3v) is 6.28. The lowest BCUT2D eigenvalue weighted by Gasteiger charge is -2.31. The molecule has 0 aromatic heterocycles. The van der Waals surface area contributed by atoms with E-state index in [9.17, 15) is 0 Å². The number of aryl methyl sites for hydroxylation is 1. The third-order valence-electron chi connectivity index (χ3n) is 6.28. The van der Waals surface area contributed by atoms with Gasteiger partial charge in [-0.3, -0.25) is 0 Å². The van der Waals surface area contributed by atoms with Gasteiger partial charge in [-0.25, -0.2) is 0 Å². The van der Waals surface area contributed by atoms with E-state index in [1.165, 1.54) is 50.1 Å². The molecule has 1 spiro atoms. The summed E-state index contributed by atoms with van der Waals surface area (Å²) in [5.74, 6) is 0. The van der Waals surface area contributed by atoms with Gasteiger partial charge in [-0.1, -0.05) is 97.1 Å². The first-order chi connectivity index (χ1) is 14.1. The monoisotopic (exact) mass is 376 g/mol. The van der Waals surface area contributed by atoms with Crippen LogP contribution in [0, 0.1) is 6.92 Å². The second kappa shape index (κ2) is 7.37. The molecule has 29 heavy (non-hydrogen) atoms. The average molecular weight is 377 g/mol. The van der Waals surface area contributed by atoms with E-state index in [0.29, 0.717) is 0 Å². The zero-order valence-electron chi connectivity index (χ0n) is 17.8. The van der Waals surface area contributed by atoms with Gasteiger partial charge in [0.25, 0.3) is 0 Å². The van der Waals surface area contributed by atoms with E-state index in [-0.39, 0.29) is 5.41 Å². The van der Waals surface area contributed by atoms with Crippen molar-refractivity contribution in [2.75, 3.05) is 0 Å². The van der Waals surface area contributed by atoms with Crippen LogP contribution in [0.15, 0.2) is 97.1 Å². The highest BCUT2D eigenvalue weighted by Gasteiger charge is 2.51. The van der Waals surface area contributed by atoms with Gasteiger partial charge in [0.1, 0.15) is 0 Å². The van der Waals surface area contributed by atoms with Gasteiger partial charge in [-0.2, -0.15) is 0 Å². The quantitative estimate of drug-likeness (QED) is 0.379. The van der Waals surface area contributed by atoms with Gasteiger partial charge in [-0.05, 0) is 72.2 Å². The van der Waals surface area contributed by atoms with E-state index in [0.717, 1.165) is 0 Å². The molecule has 0 amide bonds. The van der Waals surface area contributed by atoms with Crippen LogP contribution in [0.4, 0.5) is 0 Å². The molecule has 3 aromatic rings. The van der Waals surface area contributed by atoms with Crippen LogP contribution in [0.5, 0.6) is 0 Å². The number of allylic oxidation sites excluding steroid dienone is 5. The smallest absolute Gasteiger partial charge is 0.0722 e. The second-order valence-corrected chi connectivity index (χ2v) is 7.80. The van der Waals surface area contributed by atoms with Gasteiger partial charge in [0.05, 0.1) is 5.41 Å². The number of benzene rings is 3. The highest BCUT2D eigenvalue weighted by Crippen LogP contribution is 2.61. The van der Waals surface area contributed by atoms with E-state index in [1.807, 2.05) is 26.0 Å². The highest BCUT2D eigenvalue weighted by atomic mass is 14.5. The SMILES string of the molecule is C/C=C\C.C=CC1=C(C)c2ccccc2C12c1ccccc1-c1ccc(C)cc12. The van der Waals surface area contributed by atoms with E-state index >= 15 is 0 Å². The lowest BCUT2D eigenvalue weighted by atomic mass is 9.69. The van der Waals surface area contributed by atoms with E-state index in [4.69, 9.17) is 0 Å². The van der Waals surface area contributed by atoms with E-state index < -0.39 is 0 Å². The average Bonchev–Trinajstić information content (AvgIpc) is 3.19. The fraction of sp³-hybridized carbons (Fsp3) is 0.172. The number of hydrogen-bond acceptors (Lipinski definition) is 0. The molecule has 0 nitrogen and oxygen atoms in total. The van der Waals surface area contributed by atoms with Crippen LogP contribution in [0.2, 0.25) is 0 Å². The molecule has 2 aliphatic carbocycles. The minimum absolute atomic E-state index is 0.222. The Morgan fingerprint density at radius 2 is 1.24 bits per heavy atom. The third kappa shape index (κ3) is 2.59. The summed E-state index contributed by atoms with van der Waals surface area (Å²) in [5, 5.41) is 0. The molecule has 0 radical (unpaired) electrons. The zero-order chi connectivity index (χ0) is 20.6. The topological polar surface area (TPSA) is 0 Å². The van der Waals surface area contributed by atoms with Gasteiger partial charge in [-0.15, -0.1) is 0 Å². The lowest BCUT2D eigenvalue weighted by Crippen LogP contribution is -2.26. The molecular weight excluding hydrogens is 348 g/mol. The molecule has 5 rings (SSSR count). The Morgan fingerprint density at radius 1 is 0.690 bits per heavy atom. The van der Waals surface area contributed by atoms with Crippen molar-refractivity contribution in [3.63, 3.8) is 0 Å². The fourth-order valence-corrected chi connectivity index (χ4v) is 4.99. The number of fused-ring (bicyclic) bond motifs is 7. The molecule has 1 atom stereocenters. The maximum Gasteiger partial charge on any atom is 0.0722 e. The fourth-order valence-electron chi connectivity index (χ4n) is 4.99. The molecule has 0 saturated carbocycles. The van der Waals surface area contributed by atoms with Gasteiger partial charge < -0.3 is 0 Å². The Balaban J connectivity index is 0.000000472. The maximum absolute atomic E-state index is 4.21. The summed E-state index contributed by atoms with van der Waals surface area (Å²) in [6.45, 7) is 12.6. The predicted molar refractivity (Wildman–Crippen MR) is 126 cm³/mol. The zero-order valence-corrected chi connectivity index (χ0v) is 17.8. The molecule has 2 aliphatic rings. The van der Waals surface area contributed by atoms with Gasteiger partial charge >= 0.3 is 0 Å². The summed E-state index contributed by atoms with van der Waals surface area (Å²) in [4.78, 5) is 0. The molecule has 3 aromatic carbocycles. The molecule has 144 valence electrons. The molecule has 0 saturated heterocycles. The summed E-state index contributed by atoms with van der Waals surface area (Å²) in [6.07, 6.45) is 6.07. The standard InChI is InChI=1S/C25H20.C4H8/c1-4-21-17(3)18-9-5-7-11-22(18)25(21)23-12-8-6-10-19(23)20-14-13-16(2)15-24(20)25;1-3-4-2/h4-15H,1H2,2-3H3;3-4H,1-2H3/b;4-3-. The van der Waals surface area contributed by atoms with E-state index in [2.05, 4.69) is 93.2 Å². The summed E-state index contributed by atoms with van der Waals surface area (Å²) in [7, 11) is 0. The highest BCUT2D eigenvalue weighted by molar-refractivity contribution is 5.95. The van der Waals surface area contributed by atoms with Crippen molar-refractivity contribution in [3.8, 4) is 11.1 Å². The van der Waals surface area contributed by atoms with Crippen molar-refractivity contribution in [3.05, 3.63) is 125 Å². The van der Waals surface area contributed by atoms with Crippen LogP contribution in [-0.2, 0) is 5.41 Å². The first kappa shape index (κ1) is 19.2. The maximum atomic E-state index is 4.21. The molecule has 0 heterocycles. The molecular formula is C29H28. The van der Waals surface area contributed by atoms with Crippen molar-refractivity contribution in [1.29, 1.82) is 0 Å². The lowest BCUT2D eigenvalue weighted by molar-refractivity contribution is 0.785. The number of hydrogen-bond donors (Lipinski definition) is 0. The number of rotatable bonds is 1. The minimum atomic E-state index is -0.222. The first-order valence-corrected chi connectivity index (χ1v) is 10.3. The van der Waals surface area contributed by atoms with E-state index in [1.54, 1.807) is 0 Å². The molecule has 0 N–H and O–H groups in total. The van der Waals surface area contributed by atoms with Crippen LogP contribution in [-0.4, -0.2) is 0 Å². The summed E-state index contributed by atoms with van der Waals surface area (Å²) in [6, 6.07) is 24.6. The van der Waals surface area contributed by atoms with Crippen molar-refractivity contribution in [1.82, 2.24) is 0 Å². The Morgan fingerprint density at radius 3 is 1.86 bits per heavy atom. The minimum Gasteiger partial charge on any atom is -0.0987 e. The summed E-state index contributed by atoms with van der Waals surface area (Å²) in [5.41, 5.74) is 12.0. The van der Waals surface area contributed by atoms with Crippen molar-refractivity contribution in [2.45, 2.75) is 33.1 Å². The molecule has 0 aliphatic heterocycles. The Labute approximate surface area is 174 Å². The van der Waals surface area contributed by atoms with Crippen LogP contribution < -0.4 is 0 Å². The molecule has 0 fully saturated rings. The predicted octanol–water partition coefficient (Wildman–Crippen LogP) is 7.87. The van der Waals surface area contributed by atoms with Crippen molar-refractivity contribution in [2.24, 2.45) is 0 Å². The van der Waals surface area contributed by atoms with Gasteiger partial charge in [0.15, 0.2) is 0 Å². The van der Waals surface area contributed by atoms with Crippen LogP contribution in [0.1, 0.15) is 48.6 Å². The van der Waals surface area contributed by atoms with Crippen molar-refractivity contribution < 1.29 is 0 Å². The van der Waals surface area contributed by atoms with Crippen LogP contribution in [0.25, 0.3) is 16.7 Å². The first-order valence-electron chi connectivity index (χ1n) is 10.3. The Hall–Kier alpha value is -3.12. The van der Waals surface area contributed by atoms with Gasteiger partial charge in [0, 0.05) is 0 Å². The molecule has 0 heteroatoms. The van der Waals surface area contributed by atoms with Crippen LogP contribution in [0.3, 0.4) is 0 Å². The van der Waals surface area contributed by atoms with Crippen molar-refractivity contribution >= 4 is 5.57 Å². The Bertz CT molecular complexity index is 1150. The second-order valence-electron chi connectivity index (χ2n) is 7.80. The summed E-state index contributed by atoms with van der Waals surface area (Å²) >= 11 is 0. The largest absolute Gasteiger partial charge is 0.0987 e. The summed E-state index contributed by atoms with van der Waals surface area (Å²) < 4.78 is 0. The normalized spacial score (nSPS) is 18.3. The van der Waals surface area contributed by atoms with Crippen LogP contribution >= 0.6 is 0 Å². The van der Waals surface area contributed by atoms with Gasteiger partial charge in [0.2, 0.25) is 0 Å².